The second-order valence-corrected chi connectivity index (χ2v) is 5.63. The molecule has 0 aliphatic heterocycles. The average molecular weight is 288 g/mol. The molecule has 20 heavy (non-hydrogen) atoms. The molecule has 0 atom stereocenters. The molecule has 0 aliphatic rings. The van der Waals surface area contributed by atoms with Crippen molar-refractivity contribution in [3.8, 4) is 0 Å². The molecule has 0 aliphatic carbocycles. The van der Waals surface area contributed by atoms with Crippen LogP contribution in [-0.2, 0) is 23.8 Å². The summed E-state index contributed by atoms with van der Waals surface area (Å²) in [6.45, 7) is 8.38. The summed E-state index contributed by atoms with van der Waals surface area (Å²) in [4.78, 5) is 22.6. The van der Waals surface area contributed by atoms with E-state index in [0.29, 0.717) is 13.0 Å². The van der Waals surface area contributed by atoms with Crippen LogP contribution in [0.2, 0.25) is 0 Å². The van der Waals surface area contributed by atoms with Crippen molar-refractivity contribution in [2.75, 3.05) is 19.8 Å². The molecule has 0 radical (unpaired) electrons. The minimum Gasteiger partial charge on any atom is -0.463 e. The minimum absolute atomic E-state index is 0.186. The standard InChI is InChI=1S/C15H28O5/c1-5-6-7-8-13(16)19-12-11-18-10-9-14(17)20-15(2,3)4/h5-12H2,1-4H3. The van der Waals surface area contributed by atoms with E-state index in [1.165, 1.54) is 0 Å². The summed E-state index contributed by atoms with van der Waals surface area (Å²) < 4.78 is 15.3. The number of carbonyl (C=O) groups excluding carboxylic acids is 2. The number of ether oxygens (including phenoxy) is 3. The largest absolute Gasteiger partial charge is 0.463 e. The van der Waals surface area contributed by atoms with Gasteiger partial charge in [-0.2, -0.15) is 0 Å². The van der Waals surface area contributed by atoms with Crippen LogP contribution in [0, 0.1) is 0 Å². The first kappa shape index (κ1) is 18.9. The molecular formula is C15H28O5. The molecule has 0 spiro atoms. The molecule has 0 fully saturated rings. The van der Waals surface area contributed by atoms with E-state index in [9.17, 15) is 9.59 Å². The Kier molecular flexibility index (Phi) is 10.1. The molecule has 0 heterocycles. The second kappa shape index (κ2) is 10.7. The molecule has 0 rings (SSSR count). The van der Waals surface area contributed by atoms with E-state index < -0.39 is 5.60 Å². The third-order valence-electron chi connectivity index (χ3n) is 2.35. The number of carbonyl (C=O) groups is 2. The fourth-order valence-corrected chi connectivity index (χ4v) is 1.46. The maximum atomic E-state index is 11.4. The lowest BCUT2D eigenvalue weighted by Gasteiger charge is -2.19. The molecule has 0 saturated carbocycles. The molecule has 0 unspecified atom stereocenters. The van der Waals surface area contributed by atoms with Crippen LogP contribution in [-0.4, -0.2) is 37.4 Å². The van der Waals surface area contributed by atoms with Gasteiger partial charge in [-0.05, 0) is 27.2 Å². The number of hydrogen-bond donors (Lipinski definition) is 0. The SMILES string of the molecule is CCCCCC(=O)OCCOCCC(=O)OC(C)(C)C. The van der Waals surface area contributed by atoms with E-state index >= 15 is 0 Å². The fraction of sp³-hybridized carbons (Fsp3) is 0.867. The van der Waals surface area contributed by atoms with Crippen LogP contribution in [0.4, 0.5) is 0 Å². The lowest BCUT2D eigenvalue weighted by atomic mass is 10.2. The molecule has 0 N–H and O–H groups in total. The first-order valence-electron chi connectivity index (χ1n) is 7.30. The third kappa shape index (κ3) is 13.3. The maximum Gasteiger partial charge on any atom is 0.308 e. The lowest BCUT2D eigenvalue weighted by Crippen LogP contribution is -2.24. The number of hydrogen-bond acceptors (Lipinski definition) is 5. The van der Waals surface area contributed by atoms with Gasteiger partial charge in [0.1, 0.15) is 12.2 Å². The van der Waals surface area contributed by atoms with Gasteiger partial charge < -0.3 is 14.2 Å². The summed E-state index contributed by atoms with van der Waals surface area (Å²) in [5, 5.41) is 0. The molecule has 0 amide bonds. The molecule has 0 bridgehead atoms. The summed E-state index contributed by atoms with van der Waals surface area (Å²) in [5.41, 5.74) is -0.467. The minimum atomic E-state index is -0.467. The Labute approximate surface area is 122 Å². The van der Waals surface area contributed by atoms with Crippen molar-refractivity contribution in [1.82, 2.24) is 0 Å². The van der Waals surface area contributed by atoms with Crippen molar-refractivity contribution in [3.63, 3.8) is 0 Å². The van der Waals surface area contributed by atoms with Gasteiger partial charge in [-0.25, -0.2) is 0 Å². The van der Waals surface area contributed by atoms with Gasteiger partial charge in [0.05, 0.1) is 19.6 Å². The summed E-state index contributed by atoms with van der Waals surface area (Å²) in [6.07, 6.45) is 3.67. The van der Waals surface area contributed by atoms with Gasteiger partial charge in [0.2, 0.25) is 0 Å². The van der Waals surface area contributed by atoms with Gasteiger partial charge in [0.25, 0.3) is 0 Å². The van der Waals surface area contributed by atoms with Crippen LogP contribution in [0.5, 0.6) is 0 Å². The summed E-state index contributed by atoms with van der Waals surface area (Å²) in [6, 6.07) is 0. The van der Waals surface area contributed by atoms with Gasteiger partial charge in [0.15, 0.2) is 0 Å². The predicted molar refractivity (Wildman–Crippen MR) is 76.4 cm³/mol. The van der Waals surface area contributed by atoms with Crippen molar-refractivity contribution < 1.29 is 23.8 Å². The molecule has 5 heteroatoms. The number of unbranched alkanes of at least 4 members (excludes halogenated alkanes) is 2. The molecular weight excluding hydrogens is 260 g/mol. The molecule has 0 aromatic rings. The van der Waals surface area contributed by atoms with Crippen molar-refractivity contribution in [2.45, 2.75) is 65.4 Å². The molecule has 0 aromatic carbocycles. The topological polar surface area (TPSA) is 61.8 Å². The van der Waals surface area contributed by atoms with Crippen LogP contribution in [0.1, 0.15) is 59.8 Å². The Morgan fingerprint density at radius 2 is 1.60 bits per heavy atom. The number of rotatable bonds is 10. The quantitative estimate of drug-likeness (QED) is 0.457. The van der Waals surface area contributed by atoms with Gasteiger partial charge in [0, 0.05) is 6.42 Å². The van der Waals surface area contributed by atoms with E-state index in [0.717, 1.165) is 19.3 Å². The highest BCUT2D eigenvalue weighted by Crippen LogP contribution is 2.08. The Bertz CT molecular complexity index is 280. The highest BCUT2D eigenvalue weighted by molar-refractivity contribution is 5.70. The zero-order chi connectivity index (χ0) is 15.4. The van der Waals surface area contributed by atoms with Crippen molar-refractivity contribution in [2.24, 2.45) is 0 Å². The smallest absolute Gasteiger partial charge is 0.308 e. The number of esters is 2. The van der Waals surface area contributed by atoms with E-state index in [1.807, 2.05) is 20.8 Å². The second-order valence-electron chi connectivity index (χ2n) is 5.63. The van der Waals surface area contributed by atoms with Crippen LogP contribution >= 0.6 is 0 Å². The van der Waals surface area contributed by atoms with Gasteiger partial charge in [-0.1, -0.05) is 19.8 Å². The van der Waals surface area contributed by atoms with Gasteiger partial charge >= 0.3 is 11.9 Å². The highest BCUT2D eigenvalue weighted by Gasteiger charge is 2.15. The average Bonchev–Trinajstić information content (AvgIpc) is 2.31. The summed E-state index contributed by atoms with van der Waals surface area (Å²) >= 11 is 0. The molecule has 0 aromatic heterocycles. The maximum absolute atomic E-state index is 11.4. The Balaban J connectivity index is 3.40. The monoisotopic (exact) mass is 288 g/mol. The first-order valence-corrected chi connectivity index (χ1v) is 7.30. The van der Waals surface area contributed by atoms with Crippen LogP contribution in [0.15, 0.2) is 0 Å². The van der Waals surface area contributed by atoms with Gasteiger partial charge in [-0.3, -0.25) is 9.59 Å². The van der Waals surface area contributed by atoms with E-state index in [2.05, 4.69) is 6.92 Å². The lowest BCUT2D eigenvalue weighted by molar-refractivity contribution is -0.156. The van der Waals surface area contributed by atoms with E-state index in [-0.39, 0.29) is 31.6 Å². The van der Waals surface area contributed by atoms with Crippen LogP contribution in [0.25, 0.3) is 0 Å². The molecule has 0 saturated heterocycles. The first-order chi connectivity index (χ1) is 9.35. The zero-order valence-electron chi connectivity index (χ0n) is 13.2. The molecule has 118 valence electrons. The Hall–Kier alpha value is -1.10. The van der Waals surface area contributed by atoms with E-state index in [1.54, 1.807) is 0 Å². The van der Waals surface area contributed by atoms with Crippen molar-refractivity contribution in [3.05, 3.63) is 0 Å². The summed E-state index contributed by atoms with van der Waals surface area (Å²) in [5.74, 6) is -0.469. The Morgan fingerprint density at radius 3 is 2.20 bits per heavy atom. The fourth-order valence-electron chi connectivity index (χ4n) is 1.46. The van der Waals surface area contributed by atoms with Gasteiger partial charge in [-0.15, -0.1) is 0 Å². The molecule has 5 nitrogen and oxygen atoms in total. The normalized spacial score (nSPS) is 11.2. The predicted octanol–water partition coefficient (Wildman–Crippen LogP) is 2.86. The van der Waals surface area contributed by atoms with Crippen LogP contribution in [0.3, 0.4) is 0 Å². The zero-order valence-corrected chi connectivity index (χ0v) is 13.2. The summed E-state index contributed by atoms with van der Waals surface area (Å²) in [7, 11) is 0. The van der Waals surface area contributed by atoms with E-state index in [4.69, 9.17) is 14.2 Å². The third-order valence-corrected chi connectivity index (χ3v) is 2.35. The van der Waals surface area contributed by atoms with Crippen LogP contribution < -0.4 is 0 Å². The highest BCUT2D eigenvalue weighted by atomic mass is 16.6. The van der Waals surface area contributed by atoms with Crippen molar-refractivity contribution in [1.29, 1.82) is 0 Å². The van der Waals surface area contributed by atoms with Crippen molar-refractivity contribution >= 4 is 11.9 Å². The Morgan fingerprint density at radius 1 is 0.900 bits per heavy atom.